The van der Waals surface area contributed by atoms with E-state index in [1.807, 2.05) is 67.6 Å². The van der Waals surface area contributed by atoms with Gasteiger partial charge in [-0.25, -0.2) is 0 Å². The molecule has 1 N–H and O–H groups in total. The molecule has 3 rings (SSSR count). The van der Waals surface area contributed by atoms with Crippen LogP contribution >= 0.6 is 27.7 Å². The van der Waals surface area contributed by atoms with Gasteiger partial charge in [0.15, 0.2) is 0 Å². The number of nitrogens with one attached hydrogen (secondary N) is 1. The van der Waals surface area contributed by atoms with Crippen LogP contribution in [-0.4, -0.2) is 35.6 Å². The maximum Gasteiger partial charge on any atom is 0.242 e. The minimum atomic E-state index is -0.585. The molecule has 4 nitrogen and oxygen atoms in total. The van der Waals surface area contributed by atoms with Gasteiger partial charge in [0.05, 0.1) is 5.75 Å². The van der Waals surface area contributed by atoms with Crippen LogP contribution in [0.3, 0.4) is 0 Å². The van der Waals surface area contributed by atoms with Gasteiger partial charge in [0.1, 0.15) is 6.04 Å². The van der Waals surface area contributed by atoms with Gasteiger partial charge in [0, 0.05) is 30.2 Å². The molecule has 0 spiro atoms. The monoisotopic (exact) mass is 524 g/mol. The second-order valence-electron chi connectivity index (χ2n) is 7.95. The topological polar surface area (TPSA) is 49.4 Å². The molecular weight excluding hydrogens is 496 g/mol. The Hall–Kier alpha value is -2.57. The highest BCUT2D eigenvalue weighted by Gasteiger charge is 2.29. The molecule has 0 aliphatic carbocycles. The number of rotatable bonds is 10. The van der Waals surface area contributed by atoms with Crippen molar-refractivity contribution in [2.75, 3.05) is 12.8 Å². The van der Waals surface area contributed by atoms with Crippen molar-refractivity contribution in [3.63, 3.8) is 0 Å². The lowest BCUT2D eigenvalue weighted by Gasteiger charge is -2.31. The molecule has 0 saturated heterocycles. The Balaban J connectivity index is 1.80. The van der Waals surface area contributed by atoms with Crippen LogP contribution < -0.4 is 5.32 Å². The van der Waals surface area contributed by atoms with Gasteiger partial charge >= 0.3 is 0 Å². The van der Waals surface area contributed by atoms with Crippen LogP contribution in [0.15, 0.2) is 83.3 Å². The summed E-state index contributed by atoms with van der Waals surface area (Å²) in [6.45, 7) is 2.42. The lowest BCUT2D eigenvalue weighted by Crippen LogP contribution is -2.50. The Morgan fingerprint density at radius 1 is 0.939 bits per heavy atom. The van der Waals surface area contributed by atoms with Crippen LogP contribution in [0.5, 0.6) is 0 Å². The summed E-state index contributed by atoms with van der Waals surface area (Å²) in [6, 6.07) is 25.5. The maximum absolute atomic E-state index is 13.4. The molecule has 0 aliphatic heterocycles. The fourth-order valence-corrected chi connectivity index (χ4v) is 4.78. The molecule has 0 aliphatic rings. The third-order valence-electron chi connectivity index (χ3n) is 5.36. The molecule has 6 heteroatoms. The predicted molar refractivity (Wildman–Crippen MR) is 140 cm³/mol. The number of thioether (sulfide) groups is 1. The van der Waals surface area contributed by atoms with Crippen molar-refractivity contribution >= 4 is 39.5 Å². The minimum absolute atomic E-state index is 0.0388. The average molecular weight is 526 g/mol. The Labute approximate surface area is 208 Å². The number of amides is 2. The van der Waals surface area contributed by atoms with Crippen LogP contribution in [0, 0.1) is 6.92 Å². The number of carbonyl (C=O) groups is 2. The molecule has 172 valence electrons. The van der Waals surface area contributed by atoms with E-state index in [9.17, 15) is 9.59 Å². The van der Waals surface area contributed by atoms with Gasteiger partial charge in [-0.1, -0.05) is 88.2 Å². The second kappa shape index (κ2) is 12.6. The molecule has 1 unspecified atom stereocenters. The maximum atomic E-state index is 13.4. The first kappa shape index (κ1) is 25.1. The Bertz CT molecular complexity index is 1060. The minimum Gasteiger partial charge on any atom is -0.357 e. The van der Waals surface area contributed by atoms with Crippen LogP contribution in [-0.2, 0) is 28.3 Å². The number of halogens is 1. The average Bonchev–Trinajstić information content (AvgIpc) is 2.82. The summed E-state index contributed by atoms with van der Waals surface area (Å²) in [5.74, 6) is 0.853. The SMILES string of the molecule is CNC(=O)C(Cc1ccccc1)N(Cc1cccc(C)c1)C(=O)CSCc1ccc(Br)cc1. The zero-order valence-corrected chi connectivity index (χ0v) is 21.4. The zero-order chi connectivity index (χ0) is 23.6. The molecule has 0 fully saturated rings. The summed E-state index contributed by atoms with van der Waals surface area (Å²) < 4.78 is 1.03. The molecule has 0 saturated carbocycles. The number of nitrogens with zero attached hydrogens (tertiary/aromatic N) is 1. The first-order valence-electron chi connectivity index (χ1n) is 10.9. The van der Waals surface area contributed by atoms with Crippen molar-refractivity contribution in [2.45, 2.75) is 31.7 Å². The van der Waals surface area contributed by atoms with E-state index in [0.29, 0.717) is 18.7 Å². The molecule has 3 aromatic carbocycles. The van der Waals surface area contributed by atoms with E-state index in [2.05, 4.69) is 39.4 Å². The first-order chi connectivity index (χ1) is 16.0. The van der Waals surface area contributed by atoms with Crippen molar-refractivity contribution in [2.24, 2.45) is 0 Å². The molecule has 0 heterocycles. The first-order valence-corrected chi connectivity index (χ1v) is 12.8. The van der Waals surface area contributed by atoms with E-state index in [0.717, 1.165) is 32.5 Å². The van der Waals surface area contributed by atoms with Crippen LogP contribution in [0.25, 0.3) is 0 Å². The number of aryl methyl sites for hydroxylation is 1. The number of carbonyl (C=O) groups excluding carboxylic acids is 2. The lowest BCUT2D eigenvalue weighted by atomic mass is 10.0. The standard InChI is InChI=1S/C27H29BrN2O2S/c1-20-7-6-10-23(15-20)17-30(25(27(32)29-2)16-21-8-4-3-5-9-21)26(31)19-33-18-22-11-13-24(28)14-12-22/h3-15,25H,16-19H2,1-2H3,(H,29,32). The van der Waals surface area contributed by atoms with Crippen LogP contribution in [0.4, 0.5) is 0 Å². The molecule has 33 heavy (non-hydrogen) atoms. The van der Waals surface area contributed by atoms with E-state index >= 15 is 0 Å². The number of likely N-dealkylation sites (N-methyl/N-ethyl adjacent to an activating group) is 1. The summed E-state index contributed by atoms with van der Waals surface area (Å²) in [6.07, 6.45) is 0.468. The lowest BCUT2D eigenvalue weighted by molar-refractivity contribution is -0.139. The van der Waals surface area contributed by atoms with Gasteiger partial charge in [0.25, 0.3) is 0 Å². The fraction of sp³-hybridized carbons (Fsp3) is 0.259. The third kappa shape index (κ3) is 7.76. The highest BCUT2D eigenvalue weighted by molar-refractivity contribution is 9.10. The predicted octanol–water partition coefficient (Wildman–Crippen LogP) is 5.38. The summed E-state index contributed by atoms with van der Waals surface area (Å²) >= 11 is 5.02. The molecular formula is C27H29BrN2O2S. The summed E-state index contributed by atoms with van der Waals surface area (Å²) in [4.78, 5) is 28.1. The summed E-state index contributed by atoms with van der Waals surface area (Å²) in [7, 11) is 1.62. The van der Waals surface area contributed by atoms with Crippen molar-refractivity contribution in [3.8, 4) is 0 Å². The van der Waals surface area contributed by atoms with Gasteiger partial charge in [-0.05, 0) is 35.7 Å². The largest absolute Gasteiger partial charge is 0.357 e. The van der Waals surface area contributed by atoms with E-state index in [1.165, 1.54) is 0 Å². The molecule has 0 aromatic heterocycles. The molecule has 0 bridgehead atoms. The van der Waals surface area contributed by atoms with Crippen molar-refractivity contribution in [3.05, 3.63) is 106 Å². The van der Waals surface area contributed by atoms with E-state index in [1.54, 1.807) is 23.7 Å². The van der Waals surface area contributed by atoms with Crippen molar-refractivity contribution in [1.82, 2.24) is 10.2 Å². The van der Waals surface area contributed by atoms with E-state index in [4.69, 9.17) is 0 Å². The third-order valence-corrected chi connectivity index (χ3v) is 6.88. The van der Waals surface area contributed by atoms with Crippen LogP contribution in [0.1, 0.15) is 22.3 Å². The molecule has 2 amide bonds. The molecule has 3 aromatic rings. The van der Waals surface area contributed by atoms with Gasteiger partial charge in [-0.15, -0.1) is 11.8 Å². The highest BCUT2D eigenvalue weighted by atomic mass is 79.9. The van der Waals surface area contributed by atoms with Crippen molar-refractivity contribution in [1.29, 1.82) is 0 Å². The number of hydrogen-bond acceptors (Lipinski definition) is 3. The molecule has 0 radical (unpaired) electrons. The second-order valence-corrected chi connectivity index (χ2v) is 9.85. The summed E-state index contributed by atoms with van der Waals surface area (Å²) in [5, 5.41) is 2.76. The van der Waals surface area contributed by atoms with E-state index in [-0.39, 0.29) is 11.8 Å². The number of hydrogen-bond donors (Lipinski definition) is 1. The fourth-order valence-electron chi connectivity index (χ4n) is 3.65. The van der Waals surface area contributed by atoms with E-state index < -0.39 is 6.04 Å². The van der Waals surface area contributed by atoms with Gasteiger partial charge in [0.2, 0.25) is 11.8 Å². The Morgan fingerprint density at radius 3 is 2.30 bits per heavy atom. The summed E-state index contributed by atoms with van der Waals surface area (Å²) in [5.41, 5.74) is 4.33. The number of benzene rings is 3. The van der Waals surface area contributed by atoms with Gasteiger partial charge in [-0.2, -0.15) is 0 Å². The van der Waals surface area contributed by atoms with Gasteiger partial charge < -0.3 is 10.2 Å². The molecule has 1 atom stereocenters. The normalized spacial score (nSPS) is 11.6. The highest BCUT2D eigenvalue weighted by Crippen LogP contribution is 2.20. The van der Waals surface area contributed by atoms with Crippen molar-refractivity contribution < 1.29 is 9.59 Å². The quantitative estimate of drug-likeness (QED) is 0.387. The van der Waals surface area contributed by atoms with Crippen LogP contribution in [0.2, 0.25) is 0 Å². The Kier molecular flexibility index (Phi) is 9.58. The van der Waals surface area contributed by atoms with Gasteiger partial charge in [-0.3, -0.25) is 9.59 Å². The smallest absolute Gasteiger partial charge is 0.242 e. The zero-order valence-electron chi connectivity index (χ0n) is 19.0. The Morgan fingerprint density at radius 2 is 1.64 bits per heavy atom.